The lowest BCUT2D eigenvalue weighted by Crippen LogP contribution is -2.58. The van der Waals surface area contributed by atoms with Crippen LogP contribution in [0.4, 0.5) is 4.79 Å². The van der Waals surface area contributed by atoms with Crippen molar-refractivity contribution in [2.75, 3.05) is 45.4 Å². The molecule has 14 nitrogen and oxygen atoms in total. The number of hydrogen-bond donors (Lipinski definition) is 3. The minimum absolute atomic E-state index is 0.00225. The lowest BCUT2D eigenvalue weighted by atomic mass is 9.87. The molecule has 5 atom stereocenters. The van der Waals surface area contributed by atoms with Gasteiger partial charge in [-0.1, -0.05) is 50.6 Å². The van der Waals surface area contributed by atoms with Crippen molar-refractivity contribution in [1.29, 1.82) is 0 Å². The van der Waals surface area contributed by atoms with Gasteiger partial charge in [0.2, 0.25) is 26.8 Å². The molecular formula is C34H49N3O11S2. The third kappa shape index (κ3) is 9.26. The molecule has 2 aromatic carbocycles. The van der Waals surface area contributed by atoms with Gasteiger partial charge in [0.1, 0.15) is 0 Å². The normalized spacial score (nSPS) is 21.7. The lowest BCUT2D eigenvalue weighted by molar-refractivity contribution is -0.0906. The van der Waals surface area contributed by atoms with E-state index in [1.165, 1.54) is 27.4 Å². The zero-order chi connectivity index (χ0) is 36.1. The Bertz CT molecular complexity index is 1670. The van der Waals surface area contributed by atoms with Gasteiger partial charge in [-0.2, -0.15) is 4.31 Å². The van der Waals surface area contributed by atoms with Crippen LogP contribution in [0.25, 0.3) is 0 Å². The average Bonchev–Trinajstić information content (AvgIpc) is 3.82. The largest absolute Gasteiger partial charge is 0.465 e. The summed E-state index contributed by atoms with van der Waals surface area (Å²) in [4.78, 5) is 14.2. The van der Waals surface area contributed by atoms with E-state index in [0.29, 0.717) is 38.0 Å². The Morgan fingerprint density at radius 1 is 1.04 bits per heavy atom. The Labute approximate surface area is 294 Å². The number of rotatable bonds is 18. The standard InChI is InChI=1S/C34H49N3O11S2/c1-4-49(41,42)35-16-9-8-15-34(2,3)22-36(50(43,44)25-12-13-30-31(19-25)48-23-47-30)20-29(38)27(18-24-10-6-5-7-11-24)37(33(39)40)28-21-46-32-26(28)14-17-45-32/h5-7,10-13,19,26-29,32,35,38H,4,8-9,14-18,20-23H2,1-3H3,(H,39,40)/t26-,27-,28-,29+,32+/m0/s1. The van der Waals surface area contributed by atoms with Crippen LogP contribution in [-0.4, -0.2) is 112 Å². The third-order valence-corrected chi connectivity index (χ3v) is 12.8. The summed E-state index contributed by atoms with van der Waals surface area (Å²) >= 11 is 0. The molecule has 50 heavy (non-hydrogen) atoms. The maximum Gasteiger partial charge on any atom is 0.407 e. The van der Waals surface area contributed by atoms with Crippen molar-refractivity contribution in [1.82, 2.24) is 13.9 Å². The van der Waals surface area contributed by atoms with E-state index in [1.807, 2.05) is 44.2 Å². The Balaban J connectivity index is 1.43. The molecule has 278 valence electrons. The number of amides is 1. The van der Waals surface area contributed by atoms with Crippen LogP contribution < -0.4 is 14.2 Å². The molecule has 5 rings (SSSR count). The molecule has 2 aromatic rings. The number of nitrogens with one attached hydrogen (secondary N) is 1. The predicted molar refractivity (Wildman–Crippen MR) is 184 cm³/mol. The van der Waals surface area contributed by atoms with E-state index in [2.05, 4.69) is 4.72 Å². The van der Waals surface area contributed by atoms with Gasteiger partial charge in [-0.3, -0.25) is 4.90 Å². The van der Waals surface area contributed by atoms with Gasteiger partial charge in [-0.15, -0.1) is 0 Å². The highest BCUT2D eigenvalue weighted by Gasteiger charge is 2.49. The molecule has 3 aliphatic heterocycles. The summed E-state index contributed by atoms with van der Waals surface area (Å²) in [6.07, 6.45) is -0.730. The summed E-state index contributed by atoms with van der Waals surface area (Å²) in [6.45, 7) is 5.77. The zero-order valence-electron chi connectivity index (χ0n) is 28.8. The third-order valence-electron chi connectivity index (χ3n) is 9.63. The topological polar surface area (TPSA) is 181 Å². The molecule has 0 unspecified atom stereocenters. The summed E-state index contributed by atoms with van der Waals surface area (Å²) in [5.41, 5.74) is 0.173. The first-order valence-corrected chi connectivity index (χ1v) is 20.1. The first kappa shape index (κ1) is 38.2. The SMILES string of the molecule is CCS(=O)(=O)NCCCCC(C)(C)CN(C[C@@H](O)[C@H](Cc1ccccc1)N(C(=O)O)[C@H]1CO[C@H]2OCC[C@H]21)S(=O)(=O)c1ccc2c(c1)OCO2. The molecule has 0 saturated carbocycles. The second-order valence-corrected chi connectivity index (χ2v) is 17.9. The molecule has 3 aliphatic rings. The number of ether oxygens (including phenoxy) is 4. The predicted octanol–water partition coefficient (Wildman–Crippen LogP) is 3.26. The lowest BCUT2D eigenvalue weighted by Gasteiger charge is -2.40. The molecule has 16 heteroatoms. The number of nitrogens with zero attached hydrogens (tertiary/aromatic N) is 2. The van der Waals surface area contributed by atoms with E-state index in [9.17, 15) is 31.8 Å². The highest BCUT2D eigenvalue weighted by molar-refractivity contribution is 7.89. The summed E-state index contributed by atoms with van der Waals surface area (Å²) in [6, 6.07) is 11.9. The Kier molecular flexibility index (Phi) is 12.3. The van der Waals surface area contributed by atoms with E-state index in [-0.39, 0.29) is 55.2 Å². The van der Waals surface area contributed by atoms with Gasteiger partial charge in [-0.05, 0) is 55.7 Å². The minimum Gasteiger partial charge on any atom is -0.465 e. The van der Waals surface area contributed by atoms with Crippen molar-refractivity contribution < 1.29 is 50.8 Å². The quantitative estimate of drug-likeness (QED) is 0.191. The second kappa shape index (κ2) is 16.1. The molecule has 0 bridgehead atoms. The number of unbranched alkanes of at least 4 members (excludes halogenated alkanes) is 1. The highest BCUT2D eigenvalue weighted by atomic mass is 32.2. The van der Waals surface area contributed by atoms with E-state index < -0.39 is 62.6 Å². The fraction of sp³-hybridized carbons (Fsp3) is 0.618. The van der Waals surface area contributed by atoms with Gasteiger partial charge in [0.25, 0.3) is 0 Å². The van der Waals surface area contributed by atoms with Crippen LogP contribution in [0.5, 0.6) is 11.5 Å². The van der Waals surface area contributed by atoms with Crippen molar-refractivity contribution in [3.8, 4) is 11.5 Å². The van der Waals surface area contributed by atoms with Gasteiger partial charge in [0.05, 0.1) is 42.0 Å². The maximum atomic E-state index is 14.4. The fourth-order valence-electron chi connectivity index (χ4n) is 6.91. The number of sulfonamides is 2. The number of aliphatic hydroxyl groups excluding tert-OH is 1. The average molecular weight is 740 g/mol. The second-order valence-electron chi connectivity index (χ2n) is 13.8. The van der Waals surface area contributed by atoms with Crippen molar-refractivity contribution in [3.05, 3.63) is 54.1 Å². The van der Waals surface area contributed by atoms with E-state index >= 15 is 0 Å². The van der Waals surface area contributed by atoms with E-state index in [1.54, 1.807) is 6.92 Å². The van der Waals surface area contributed by atoms with Gasteiger partial charge >= 0.3 is 6.09 Å². The Morgan fingerprint density at radius 2 is 1.78 bits per heavy atom. The van der Waals surface area contributed by atoms with Crippen molar-refractivity contribution in [3.63, 3.8) is 0 Å². The van der Waals surface area contributed by atoms with Gasteiger partial charge < -0.3 is 29.2 Å². The molecular weight excluding hydrogens is 691 g/mol. The zero-order valence-corrected chi connectivity index (χ0v) is 30.4. The van der Waals surface area contributed by atoms with Gasteiger partial charge in [-0.25, -0.2) is 26.4 Å². The Morgan fingerprint density at radius 3 is 2.50 bits per heavy atom. The van der Waals surface area contributed by atoms with Crippen molar-refractivity contribution in [2.24, 2.45) is 11.3 Å². The van der Waals surface area contributed by atoms with Gasteiger partial charge in [0, 0.05) is 31.6 Å². The molecule has 2 fully saturated rings. The molecule has 0 aromatic heterocycles. The molecule has 3 heterocycles. The summed E-state index contributed by atoms with van der Waals surface area (Å²) in [5, 5.41) is 22.7. The van der Waals surface area contributed by atoms with Crippen LogP contribution in [0.1, 0.15) is 52.0 Å². The van der Waals surface area contributed by atoms with Crippen LogP contribution in [0, 0.1) is 11.3 Å². The van der Waals surface area contributed by atoms with Crippen LogP contribution in [0.3, 0.4) is 0 Å². The van der Waals surface area contributed by atoms with Crippen LogP contribution in [0.15, 0.2) is 53.4 Å². The summed E-state index contributed by atoms with van der Waals surface area (Å²) in [5.74, 6) is 0.475. The molecule has 0 spiro atoms. The van der Waals surface area contributed by atoms with Crippen LogP contribution in [0.2, 0.25) is 0 Å². The number of carbonyl (C=O) groups is 1. The number of fused-ring (bicyclic) bond motifs is 2. The summed E-state index contributed by atoms with van der Waals surface area (Å²) in [7, 11) is -7.58. The number of carboxylic acid groups (broad SMARTS) is 1. The summed E-state index contributed by atoms with van der Waals surface area (Å²) < 4.78 is 78.6. The van der Waals surface area contributed by atoms with Crippen LogP contribution >= 0.6 is 0 Å². The van der Waals surface area contributed by atoms with Crippen molar-refractivity contribution >= 4 is 26.1 Å². The van der Waals surface area contributed by atoms with Crippen LogP contribution in [-0.2, 0) is 35.9 Å². The van der Waals surface area contributed by atoms with E-state index in [0.717, 1.165) is 5.56 Å². The fourth-order valence-corrected chi connectivity index (χ4v) is 9.24. The van der Waals surface area contributed by atoms with E-state index in [4.69, 9.17) is 18.9 Å². The highest BCUT2D eigenvalue weighted by Crippen LogP contribution is 2.38. The molecule has 1 amide bonds. The Hall–Kier alpha value is -2.99. The smallest absolute Gasteiger partial charge is 0.407 e. The number of aliphatic hydroxyl groups is 1. The monoisotopic (exact) mass is 739 g/mol. The minimum atomic E-state index is -4.26. The number of benzene rings is 2. The molecule has 0 radical (unpaired) electrons. The first-order chi connectivity index (χ1) is 23.7. The number of hydrogen-bond acceptors (Lipinski definition) is 10. The molecule has 0 aliphatic carbocycles. The molecule has 2 saturated heterocycles. The maximum absolute atomic E-state index is 14.4. The van der Waals surface area contributed by atoms with Gasteiger partial charge in [0.15, 0.2) is 17.8 Å². The molecule has 3 N–H and O–H groups in total. The first-order valence-electron chi connectivity index (χ1n) is 17.0. The van der Waals surface area contributed by atoms with Crippen molar-refractivity contribution in [2.45, 2.75) is 82.2 Å².